The number of nitrogens with one attached hydrogen (secondary N) is 1. The third kappa shape index (κ3) is 3.53. The maximum Gasteiger partial charge on any atom is 0.332 e. The number of halogens is 1. The van der Waals surface area contributed by atoms with Crippen molar-refractivity contribution in [2.45, 2.75) is 19.9 Å². The minimum atomic E-state index is -1.42. The Bertz CT molecular complexity index is 463. The number of carbonyl (C=O) groups is 2. The Morgan fingerprint density at radius 3 is 2.78 bits per heavy atom. The highest BCUT2D eigenvalue weighted by Crippen LogP contribution is 2.16. The molecule has 5 nitrogen and oxygen atoms in total. The van der Waals surface area contributed by atoms with E-state index in [0.717, 1.165) is 6.07 Å². The molecule has 0 saturated heterocycles. The fourth-order valence-corrected chi connectivity index (χ4v) is 1.28. The minimum Gasteiger partial charge on any atom is -0.464 e. The number of esters is 1. The summed E-state index contributed by atoms with van der Waals surface area (Å²) in [6.07, 6.45) is 0. The van der Waals surface area contributed by atoms with E-state index in [1.807, 2.05) is 0 Å². The molecule has 0 aromatic heterocycles. The van der Waals surface area contributed by atoms with Crippen LogP contribution in [-0.2, 0) is 14.3 Å². The summed E-state index contributed by atoms with van der Waals surface area (Å²) in [5.41, 5.74) is 6.35. The lowest BCUT2D eigenvalue weighted by molar-refractivity contribution is -0.146. The van der Waals surface area contributed by atoms with Crippen molar-refractivity contribution in [1.82, 2.24) is 0 Å². The van der Waals surface area contributed by atoms with Gasteiger partial charge >= 0.3 is 5.97 Å². The van der Waals surface area contributed by atoms with E-state index in [0.29, 0.717) is 5.56 Å². The molecule has 1 aromatic carbocycles. The number of ether oxygens (including phenoxy) is 1. The summed E-state index contributed by atoms with van der Waals surface area (Å²) in [6, 6.07) is 2.52. The van der Waals surface area contributed by atoms with Crippen LogP contribution in [0.15, 0.2) is 18.2 Å². The maximum absolute atomic E-state index is 13.0. The monoisotopic (exact) mass is 254 g/mol. The van der Waals surface area contributed by atoms with Gasteiger partial charge in [0.15, 0.2) is 6.04 Å². The molecule has 0 radical (unpaired) electrons. The highest BCUT2D eigenvalue weighted by molar-refractivity contribution is 6.08. The van der Waals surface area contributed by atoms with Crippen LogP contribution in [0.5, 0.6) is 0 Å². The smallest absolute Gasteiger partial charge is 0.332 e. The molecule has 0 aliphatic rings. The summed E-state index contributed by atoms with van der Waals surface area (Å²) in [5.74, 6) is -2.04. The molecule has 0 saturated carbocycles. The van der Waals surface area contributed by atoms with Crippen LogP contribution in [0.3, 0.4) is 0 Å². The van der Waals surface area contributed by atoms with Crippen molar-refractivity contribution in [1.29, 1.82) is 0 Å². The minimum absolute atomic E-state index is 0.138. The van der Waals surface area contributed by atoms with E-state index in [-0.39, 0.29) is 12.3 Å². The van der Waals surface area contributed by atoms with Gasteiger partial charge < -0.3 is 15.8 Å². The first-order valence-electron chi connectivity index (χ1n) is 5.45. The van der Waals surface area contributed by atoms with Gasteiger partial charge in [0.05, 0.1) is 6.61 Å². The molecule has 0 fully saturated rings. The zero-order valence-electron chi connectivity index (χ0n) is 10.2. The summed E-state index contributed by atoms with van der Waals surface area (Å²) in [5, 5.41) is 2.39. The molecule has 1 aromatic rings. The zero-order valence-corrected chi connectivity index (χ0v) is 10.2. The quantitative estimate of drug-likeness (QED) is 0.619. The molecule has 6 heteroatoms. The standard InChI is InChI=1S/C12H15FN2O3/c1-3-18-12(17)10(14)11(16)15-9-6-8(13)5-4-7(9)2/h4-6,10H,3,14H2,1-2H3,(H,15,16). The fourth-order valence-electron chi connectivity index (χ4n) is 1.28. The average Bonchev–Trinajstić information content (AvgIpc) is 2.33. The van der Waals surface area contributed by atoms with Crippen LogP contribution in [0.25, 0.3) is 0 Å². The molecule has 98 valence electrons. The van der Waals surface area contributed by atoms with Crippen molar-refractivity contribution in [2.24, 2.45) is 5.73 Å². The van der Waals surface area contributed by atoms with Crippen LogP contribution in [0.4, 0.5) is 10.1 Å². The van der Waals surface area contributed by atoms with Crippen molar-refractivity contribution in [3.8, 4) is 0 Å². The van der Waals surface area contributed by atoms with E-state index in [1.54, 1.807) is 13.8 Å². The van der Waals surface area contributed by atoms with Crippen molar-refractivity contribution in [3.05, 3.63) is 29.6 Å². The van der Waals surface area contributed by atoms with Crippen LogP contribution < -0.4 is 11.1 Å². The molecule has 1 rings (SSSR count). The molecule has 0 spiro atoms. The molecule has 0 bridgehead atoms. The van der Waals surface area contributed by atoms with Crippen molar-refractivity contribution >= 4 is 17.6 Å². The van der Waals surface area contributed by atoms with Gasteiger partial charge in [-0.2, -0.15) is 0 Å². The Kier molecular flexibility index (Phi) is 4.79. The highest BCUT2D eigenvalue weighted by atomic mass is 19.1. The Morgan fingerprint density at radius 2 is 2.17 bits per heavy atom. The Morgan fingerprint density at radius 1 is 1.50 bits per heavy atom. The van der Waals surface area contributed by atoms with Gasteiger partial charge in [-0.05, 0) is 31.5 Å². The summed E-state index contributed by atoms with van der Waals surface area (Å²) >= 11 is 0. The predicted octanol–water partition coefficient (Wildman–Crippen LogP) is 0.963. The summed E-state index contributed by atoms with van der Waals surface area (Å²) in [4.78, 5) is 22.9. The molecular weight excluding hydrogens is 239 g/mol. The lowest BCUT2D eigenvalue weighted by Gasteiger charge is -2.12. The number of aryl methyl sites for hydroxylation is 1. The van der Waals surface area contributed by atoms with Gasteiger partial charge in [0.25, 0.3) is 5.91 Å². The summed E-state index contributed by atoms with van der Waals surface area (Å²) < 4.78 is 17.6. The van der Waals surface area contributed by atoms with Gasteiger partial charge in [0.2, 0.25) is 0 Å². The van der Waals surface area contributed by atoms with Gasteiger partial charge in [-0.1, -0.05) is 6.07 Å². The van der Waals surface area contributed by atoms with Crippen molar-refractivity contribution < 1.29 is 18.7 Å². The van der Waals surface area contributed by atoms with Crippen LogP contribution in [0.1, 0.15) is 12.5 Å². The third-order valence-electron chi connectivity index (χ3n) is 2.28. The van der Waals surface area contributed by atoms with E-state index in [9.17, 15) is 14.0 Å². The Balaban J connectivity index is 2.75. The molecule has 1 atom stereocenters. The Labute approximate surface area is 104 Å². The molecule has 0 aliphatic carbocycles. The second-order valence-electron chi connectivity index (χ2n) is 3.68. The number of hydrogen-bond acceptors (Lipinski definition) is 4. The number of anilines is 1. The Hall–Kier alpha value is -1.95. The van der Waals surface area contributed by atoms with Crippen LogP contribution >= 0.6 is 0 Å². The van der Waals surface area contributed by atoms with Crippen LogP contribution in [0, 0.1) is 12.7 Å². The second-order valence-corrected chi connectivity index (χ2v) is 3.68. The number of amides is 1. The number of hydrogen-bond donors (Lipinski definition) is 2. The zero-order chi connectivity index (χ0) is 13.7. The number of nitrogens with two attached hydrogens (primary N) is 1. The predicted molar refractivity (Wildman–Crippen MR) is 64.4 cm³/mol. The second kappa shape index (κ2) is 6.11. The fraction of sp³-hybridized carbons (Fsp3) is 0.333. The van der Waals surface area contributed by atoms with Crippen molar-refractivity contribution in [3.63, 3.8) is 0 Å². The lowest BCUT2D eigenvalue weighted by atomic mass is 10.2. The first-order chi connectivity index (χ1) is 8.45. The van der Waals surface area contributed by atoms with Gasteiger partial charge in [0.1, 0.15) is 5.82 Å². The van der Waals surface area contributed by atoms with E-state index in [1.165, 1.54) is 12.1 Å². The van der Waals surface area contributed by atoms with E-state index < -0.39 is 23.7 Å². The third-order valence-corrected chi connectivity index (χ3v) is 2.28. The van der Waals surface area contributed by atoms with E-state index in [2.05, 4.69) is 10.1 Å². The van der Waals surface area contributed by atoms with Gasteiger partial charge in [0, 0.05) is 5.69 Å². The van der Waals surface area contributed by atoms with Crippen LogP contribution in [-0.4, -0.2) is 24.5 Å². The molecule has 0 aliphatic heterocycles. The van der Waals surface area contributed by atoms with E-state index >= 15 is 0 Å². The van der Waals surface area contributed by atoms with Gasteiger partial charge in [-0.15, -0.1) is 0 Å². The number of benzene rings is 1. The maximum atomic E-state index is 13.0. The summed E-state index contributed by atoms with van der Waals surface area (Å²) in [6.45, 7) is 3.45. The molecule has 3 N–H and O–H groups in total. The molecule has 18 heavy (non-hydrogen) atoms. The number of carbonyl (C=O) groups excluding carboxylic acids is 2. The normalized spacial score (nSPS) is 11.8. The number of rotatable bonds is 4. The first-order valence-corrected chi connectivity index (χ1v) is 5.45. The lowest BCUT2D eigenvalue weighted by Crippen LogP contribution is -2.43. The van der Waals surface area contributed by atoms with E-state index in [4.69, 9.17) is 5.73 Å². The average molecular weight is 254 g/mol. The molecule has 1 amide bonds. The van der Waals surface area contributed by atoms with Crippen LogP contribution in [0.2, 0.25) is 0 Å². The molecular formula is C12H15FN2O3. The topological polar surface area (TPSA) is 81.4 Å². The largest absolute Gasteiger partial charge is 0.464 e. The van der Waals surface area contributed by atoms with Gasteiger partial charge in [-0.3, -0.25) is 4.79 Å². The SMILES string of the molecule is CCOC(=O)C(N)C(=O)Nc1cc(F)ccc1C. The first kappa shape index (κ1) is 14.1. The molecule has 0 heterocycles. The summed E-state index contributed by atoms with van der Waals surface area (Å²) in [7, 11) is 0. The van der Waals surface area contributed by atoms with Crippen molar-refractivity contribution in [2.75, 3.05) is 11.9 Å². The van der Waals surface area contributed by atoms with Gasteiger partial charge in [-0.25, -0.2) is 9.18 Å². The highest BCUT2D eigenvalue weighted by Gasteiger charge is 2.23. The molecule has 1 unspecified atom stereocenters.